The number of anilines is 1. The lowest BCUT2D eigenvalue weighted by Gasteiger charge is -2.05. The molecule has 0 saturated heterocycles. The molecule has 0 aliphatic rings. The molecule has 3 rings (SSSR count). The number of aromatic amines is 1. The third-order valence-electron chi connectivity index (χ3n) is 3.74. The molecule has 0 aliphatic carbocycles. The van der Waals surface area contributed by atoms with Crippen LogP contribution in [0.2, 0.25) is 0 Å². The van der Waals surface area contributed by atoms with Crippen molar-refractivity contribution in [1.82, 2.24) is 4.98 Å². The van der Waals surface area contributed by atoms with Crippen molar-refractivity contribution >= 4 is 11.8 Å². The van der Waals surface area contributed by atoms with E-state index in [1.165, 1.54) is 7.11 Å². The van der Waals surface area contributed by atoms with Crippen LogP contribution in [0.15, 0.2) is 54.9 Å². The number of ether oxygens (including phenoxy) is 2. The fraction of sp³-hybridized carbons (Fsp3) is 0.111. The van der Waals surface area contributed by atoms with Crippen molar-refractivity contribution in [3.63, 3.8) is 0 Å². The Balaban J connectivity index is 2.25. The molecule has 122 valence electrons. The molecule has 0 saturated carbocycles. The summed E-state index contributed by atoms with van der Waals surface area (Å²) in [5.74, 6) is 0.642. The molecule has 1 aromatic carbocycles. The van der Waals surface area contributed by atoms with Gasteiger partial charge in [-0.05, 0) is 17.7 Å². The molecule has 0 unspecified atom stereocenters. The summed E-state index contributed by atoms with van der Waals surface area (Å²) in [5, 5.41) is 0. The van der Waals surface area contributed by atoms with Crippen LogP contribution in [0.4, 0.5) is 5.82 Å². The number of carbonyl (C=O) groups excluding carboxylic acids is 1. The van der Waals surface area contributed by atoms with E-state index in [2.05, 4.69) is 4.98 Å². The monoisotopic (exact) mass is 324 g/mol. The summed E-state index contributed by atoms with van der Waals surface area (Å²) < 4.78 is 11.9. The highest BCUT2D eigenvalue weighted by atomic mass is 16.5. The first kappa shape index (κ1) is 15.6. The predicted octanol–water partition coefficient (Wildman–Crippen LogP) is 2.34. The van der Waals surface area contributed by atoms with Crippen molar-refractivity contribution in [3.8, 4) is 22.6 Å². The lowest BCUT2D eigenvalue weighted by atomic mass is 10.0. The number of methoxy groups -OCH3 is 2. The van der Waals surface area contributed by atoms with Gasteiger partial charge in [0.2, 0.25) is 0 Å². The van der Waals surface area contributed by atoms with Gasteiger partial charge >= 0.3 is 5.97 Å². The normalized spacial score (nSPS) is 10.4. The number of benzene rings is 1. The van der Waals surface area contributed by atoms with Gasteiger partial charge in [0.1, 0.15) is 11.4 Å². The number of H-pyrrole nitrogens is 1. The van der Waals surface area contributed by atoms with E-state index in [9.17, 15) is 4.79 Å². The second kappa shape index (κ2) is 6.45. The van der Waals surface area contributed by atoms with Gasteiger partial charge in [-0.15, -0.1) is 0 Å². The molecule has 2 aromatic heterocycles. The van der Waals surface area contributed by atoms with Gasteiger partial charge in [0.05, 0.1) is 19.8 Å². The van der Waals surface area contributed by atoms with E-state index >= 15 is 0 Å². The molecule has 6 nitrogen and oxygen atoms in total. The van der Waals surface area contributed by atoms with Crippen LogP contribution in [0.25, 0.3) is 16.8 Å². The van der Waals surface area contributed by atoms with Crippen LogP contribution in [-0.2, 0) is 4.74 Å². The summed E-state index contributed by atoms with van der Waals surface area (Å²) in [5.41, 5.74) is 8.67. The molecular weight excluding hydrogens is 306 g/mol. The van der Waals surface area contributed by atoms with Crippen LogP contribution in [0.1, 0.15) is 10.5 Å². The van der Waals surface area contributed by atoms with Crippen molar-refractivity contribution in [2.75, 3.05) is 20.0 Å². The highest BCUT2D eigenvalue weighted by Crippen LogP contribution is 2.33. The van der Waals surface area contributed by atoms with Gasteiger partial charge < -0.3 is 20.2 Å². The summed E-state index contributed by atoms with van der Waals surface area (Å²) in [6, 6.07) is 13.1. The number of nitrogens with two attached hydrogens (primary N) is 1. The van der Waals surface area contributed by atoms with Crippen molar-refractivity contribution in [2.45, 2.75) is 0 Å². The number of carbonyl (C=O) groups is 1. The number of aromatic nitrogens is 2. The highest BCUT2D eigenvalue weighted by molar-refractivity contribution is 6.00. The molecule has 0 fully saturated rings. The molecule has 6 heteroatoms. The van der Waals surface area contributed by atoms with Gasteiger partial charge in [0.15, 0.2) is 18.2 Å². The Hall–Kier alpha value is -3.28. The quantitative estimate of drug-likeness (QED) is 0.570. The van der Waals surface area contributed by atoms with Crippen LogP contribution in [0.3, 0.4) is 0 Å². The van der Waals surface area contributed by atoms with E-state index in [1.54, 1.807) is 7.11 Å². The number of esters is 1. The van der Waals surface area contributed by atoms with E-state index < -0.39 is 5.97 Å². The third kappa shape index (κ3) is 2.69. The molecule has 0 bridgehead atoms. The second-order valence-corrected chi connectivity index (χ2v) is 5.14. The molecule has 24 heavy (non-hydrogen) atoms. The van der Waals surface area contributed by atoms with Gasteiger partial charge in [-0.1, -0.05) is 18.2 Å². The van der Waals surface area contributed by atoms with E-state index in [4.69, 9.17) is 15.2 Å². The maximum Gasteiger partial charge on any atom is 0.355 e. The molecular formula is C18H18N3O3+. The Morgan fingerprint density at radius 1 is 1.08 bits per heavy atom. The molecule has 0 atom stereocenters. The maximum absolute atomic E-state index is 12.2. The van der Waals surface area contributed by atoms with Gasteiger partial charge in [-0.25, -0.2) is 4.79 Å². The zero-order valence-electron chi connectivity index (χ0n) is 13.4. The van der Waals surface area contributed by atoms with Crippen LogP contribution < -0.4 is 15.0 Å². The van der Waals surface area contributed by atoms with Crippen LogP contribution >= 0.6 is 0 Å². The third-order valence-corrected chi connectivity index (χ3v) is 3.74. The smallest absolute Gasteiger partial charge is 0.355 e. The minimum absolute atomic E-state index is 0.312. The Labute approximate surface area is 139 Å². The van der Waals surface area contributed by atoms with Gasteiger partial charge in [-0.2, -0.15) is 4.57 Å². The Morgan fingerprint density at radius 3 is 2.33 bits per heavy atom. The summed E-state index contributed by atoms with van der Waals surface area (Å²) >= 11 is 0. The number of pyridine rings is 1. The van der Waals surface area contributed by atoms with Crippen molar-refractivity contribution in [3.05, 3.63) is 60.6 Å². The number of rotatable bonds is 4. The van der Waals surface area contributed by atoms with Crippen molar-refractivity contribution in [2.24, 2.45) is 0 Å². The highest BCUT2D eigenvalue weighted by Gasteiger charge is 2.29. The first-order chi connectivity index (χ1) is 11.7. The summed E-state index contributed by atoms with van der Waals surface area (Å²) in [6.45, 7) is 0. The van der Waals surface area contributed by atoms with Gasteiger partial charge in [-0.3, -0.25) is 0 Å². The topological polar surface area (TPSA) is 81.2 Å². The SMILES string of the molecule is COC(=O)c1[nH]c(N)c(-[n+]2ccccc2)c1-c1ccc(OC)cc1. The average Bonchev–Trinajstić information content (AvgIpc) is 2.99. The number of hydrogen-bond acceptors (Lipinski definition) is 4. The number of nitrogen functional groups attached to an aromatic ring is 1. The Morgan fingerprint density at radius 2 is 1.75 bits per heavy atom. The summed E-state index contributed by atoms with van der Waals surface area (Å²) in [4.78, 5) is 15.1. The molecule has 0 amide bonds. The molecule has 3 N–H and O–H groups in total. The zero-order valence-corrected chi connectivity index (χ0v) is 13.4. The van der Waals surface area contributed by atoms with Gasteiger partial charge in [0.25, 0.3) is 5.69 Å². The fourth-order valence-electron chi connectivity index (χ4n) is 2.62. The lowest BCUT2D eigenvalue weighted by molar-refractivity contribution is -0.594. The first-order valence-corrected chi connectivity index (χ1v) is 7.36. The van der Waals surface area contributed by atoms with Crippen LogP contribution in [-0.4, -0.2) is 25.2 Å². The Kier molecular flexibility index (Phi) is 4.20. The molecule has 3 aromatic rings. The average molecular weight is 324 g/mol. The van der Waals surface area contributed by atoms with E-state index in [1.807, 2.05) is 59.4 Å². The van der Waals surface area contributed by atoms with E-state index in [-0.39, 0.29) is 0 Å². The van der Waals surface area contributed by atoms with Crippen molar-refractivity contribution in [1.29, 1.82) is 0 Å². The summed E-state index contributed by atoms with van der Waals surface area (Å²) in [7, 11) is 2.95. The number of nitrogens with zero attached hydrogens (tertiary/aromatic N) is 1. The Bertz CT molecular complexity index is 855. The minimum atomic E-state index is -0.477. The number of hydrogen-bond donors (Lipinski definition) is 2. The van der Waals surface area contributed by atoms with Crippen LogP contribution in [0, 0.1) is 0 Å². The predicted molar refractivity (Wildman–Crippen MR) is 90.1 cm³/mol. The lowest BCUT2D eigenvalue weighted by Crippen LogP contribution is -2.30. The standard InChI is InChI=1S/C18H17N3O3/c1-23-13-8-6-12(7-9-13)14-15(18(22)24-2)20-17(19)16(14)21-10-4-3-5-11-21/h3-11H,1-2H3,(H2-,19,20,22)/p+1. The second-order valence-electron chi connectivity index (χ2n) is 5.14. The van der Waals surface area contributed by atoms with Gasteiger partial charge in [0, 0.05) is 12.1 Å². The molecule has 2 heterocycles. The summed E-state index contributed by atoms with van der Waals surface area (Å²) in [6.07, 6.45) is 3.74. The van der Waals surface area contributed by atoms with E-state index in [0.29, 0.717) is 22.8 Å². The fourth-order valence-corrected chi connectivity index (χ4v) is 2.62. The van der Waals surface area contributed by atoms with Crippen molar-refractivity contribution < 1.29 is 18.8 Å². The zero-order chi connectivity index (χ0) is 17.1. The first-order valence-electron chi connectivity index (χ1n) is 7.36. The largest absolute Gasteiger partial charge is 0.497 e. The molecule has 0 radical (unpaired) electrons. The molecule has 0 aliphatic heterocycles. The van der Waals surface area contributed by atoms with E-state index in [0.717, 1.165) is 11.3 Å². The molecule has 0 spiro atoms. The maximum atomic E-state index is 12.2. The van der Waals surface area contributed by atoms with Crippen LogP contribution in [0.5, 0.6) is 5.75 Å². The number of nitrogens with one attached hydrogen (secondary N) is 1. The minimum Gasteiger partial charge on any atom is -0.497 e.